The second-order valence-corrected chi connectivity index (χ2v) is 7.02. The van der Waals surface area contributed by atoms with Gasteiger partial charge in [0.05, 0.1) is 10.6 Å². The number of nitrogens with one attached hydrogen (secondary N) is 1. The van der Waals surface area contributed by atoms with Crippen LogP contribution < -0.4 is 4.83 Å². The zero-order valence-electron chi connectivity index (χ0n) is 10.7. The second kappa shape index (κ2) is 6.36. The van der Waals surface area contributed by atoms with E-state index < -0.39 is 10.0 Å². The molecule has 0 unspecified atom stereocenters. The lowest BCUT2D eigenvalue weighted by molar-refractivity contribution is 0.584. The van der Waals surface area contributed by atoms with E-state index in [0.717, 1.165) is 9.13 Å². The molecule has 0 saturated heterocycles. The summed E-state index contributed by atoms with van der Waals surface area (Å²) in [7, 11) is -3.61. The van der Waals surface area contributed by atoms with E-state index in [2.05, 4.69) is 32.5 Å². The summed E-state index contributed by atoms with van der Waals surface area (Å²) in [6.45, 7) is 1.76. The highest BCUT2D eigenvalue weighted by Gasteiger charge is 2.11. The first kappa shape index (κ1) is 15.0. The van der Waals surface area contributed by atoms with Gasteiger partial charge in [-0.25, -0.2) is 0 Å². The molecule has 0 spiro atoms. The molecule has 0 aliphatic carbocycles. The fourth-order valence-corrected chi connectivity index (χ4v) is 2.77. The van der Waals surface area contributed by atoms with E-state index in [0.29, 0.717) is 5.71 Å². The molecular weight excluding hydrogens is 387 g/mol. The lowest BCUT2D eigenvalue weighted by atomic mass is 10.1. The molecule has 2 aromatic carbocycles. The lowest BCUT2D eigenvalue weighted by Crippen LogP contribution is -2.19. The molecular formula is C14H13IN2O2S. The van der Waals surface area contributed by atoms with Gasteiger partial charge in [0.15, 0.2) is 0 Å². The summed E-state index contributed by atoms with van der Waals surface area (Å²) in [5.41, 5.74) is 1.49. The Balaban J connectivity index is 2.18. The number of sulfonamides is 1. The van der Waals surface area contributed by atoms with Gasteiger partial charge in [0.2, 0.25) is 0 Å². The van der Waals surface area contributed by atoms with Gasteiger partial charge >= 0.3 is 0 Å². The first-order valence-electron chi connectivity index (χ1n) is 5.86. The van der Waals surface area contributed by atoms with Gasteiger partial charge in [-0.2, -0.15) is 18.4 Å². The van der Waals surface area contributed by atoms with Gasteiger partial charge in [-0.05, 0) is 59.3 Å². The smallest absolute Gasteiger partial charge is 0.200 e. The highest BCUT2D eigenvalue weighted by atomic mass is 127. The molecule has 1 N–H and O–H groups in total. The topological polar surface area (TPSA) is 58.5 Å². The first-order chi connectivity index (χ1) is 9.49. The fraction of sp³-hybridized carbons (Fsp3) is 0.0714. The Kier molecular flexibility index (Phi) is 4.77. The van der Waals surface area contributed by atoms with Crippen molar-refractivity contribution in [1.29, 1.82) is 0 Å². The van der Waals surface area contributed by atoms with E-state index in [9.17, 15) is 8.42 Å². The van der Waals surface area contributed by atoms with Crippen LogP contribution >= 0.6 is 22.6 Å². The third-order valence-electron chi connectivity index (χ3n) is 2.65. The minimum absolute atomic E-state index is 0.194. The van der Waals surface area contributed by atoms with Crippen LogP contribution in [0.3, 0.4) is 0 Å². The van der Waals surface area contributed by atoms with Crippen molar-refractivity contribution in [2.75, 3.05) is 0 Å². The predicted octanol–water partition coefficient (Wildman–Crippen LogP) is 2.99. The lowest BCUT2D eigenvalue weighted by Gasteiger charge is -2.05. The van der Waals surface area contributed by atoms with Gasteiger partial charge < -0.3 is 0 Å². The van der Waals surface area contributed by atoms with Gasteiger partial charge in [0.1, 0.15) is 0 Å². The average molecular weight is 400 g/mol. The molecule has 0 atom stereocenters. The van der Waals surface area contributed by atoms with E-state index in [-0.39, 0.29) is 4.90 Å². The Labute approximate surface area is 132 Å². The summed E-state index contributed by atoms with van der Waals surface area (Å²) >= 11 is 2.21. The standard InChI is InChI=1S/C14H13IN2O2S/c1-11(12-7-9-13(15)10-8-12)16-17-20(18,19)14-5-3-2-4-6-14/h2-10,17H,1H3/b16-11+. The molecule has 20 heavy (non-hydrogen) atoms. The quantitative estimate of drug-likeness (QED) is 0.488. The molecule has 4 nitrogen and oxygen atoms in total. The number of nitrogens with zero attached hydrogens (tertiary/aromatic N) is 1. The molecule has 0 radical (unpaired) electrons. The van der Waals surface area contributed by atoms with Crippen LogP contribution in [0, 0.1) is 3.57 Å². The average Bonchev–Trinajstić information content (AvgIpc) is 2.46. The number of hydrazone groups is 1. The Morgan fingerprint density at radius 2 is 1.65 bits per heavy atom. The molecule has 0 fully saturated rings. The molecule has 0 bridgehead atoms. The van der Waals surface area contributed by atoms with E-state index in [4.69, 9.17) is 0 Å². The zero-order valence-corrected chi connectivity index (χ0v) is 13.7. The molecule has 2 rings (SSSR count). The minimum Gasteiger partial charge on any atom is -0.200 e. The largest absolute Gasteiger partial charge is 0.276 e. The Morgan fingerprint density at radius 3 is 2.25 bits per heavy atom. The van der Waals surface area contributed by atoms with Crippen molar-refractivity contribution in [1.82, 2.24) is 4.83 Å². The number of hydrogen-bond donors (Lipinski definition) is 1. The SMILES string of the molecule is C/C(=N\NS(=O)(=O)c1ccccc1)c1ccc(I)cc1. The maximum atomic E-state index is 12.0. The van der Waals surface area contributed by atoms with Crippen LogP contribution in [0.2, 0.25) is 0 Å². The van der Waals surface area contributed by atoms with Crippen LogP contribution in [0.5, 0.6) is 0 Å². The maximum absolute atomic E-state index is 12.0. The molecule has 0 aliphatic rings. The third-order valence-corrected chi connectivity index (χ3v) is 4.59. The van der Waals surface area contributed by atoms with Crippen molar-refractivity contribution in [2.45, 2.75) is 11.8 Å². The molecule has 0 aliphatic heterocycles. The minimum atomic E-state index is -3.61. The first-order valence-corrected chi connectivity index (χ1v) is 8.42. The van der Waals surface area contributed by atoms with Crippen LogP contribution in [-0.2, 0) is 10.0 Å². The summed E-state index contributed by atoms with van der Waals surface area (Å²) in [6, 6.07) is 15.8. The zero-order chi connectivity index (χ0) is 14.6. The Hall–Kier alpha value is -1.41. The molecule has 0 aromatic heterocycles. The van der Waals surface area contributed by atoms with Gasteiger partial charge in [-0.15, -0.1) is 0 Å². The summed E-state index contributed by atoms with van der Waals surface area (Å²) in [4.78, 5) is 2.44. The van der Waals surface area contributed by atoms with Gasteiger partial charge in [0, 0.05) is 3.57 Å². The molecule has 2 aromatic rings. The highest BCUT2D eigenvalue weighted by Crippen LogP contribution is 2.09. The van der Waals surface area contributed by atoms with Crippen LogP contribution in [0.15, 0.2) is 64.6 Å². The molecule has 0 heterocycles. The molecule has 0 saturated carbocycles. The van der Waals surface area contributed by atoms with Crippen LogP contribution in [-0.4, -0.2) is 14.1 Å². The highest BCUT2D eigenvalue weighted by molar-refractivity contribution is 14.1. The number of rotatable bonds is 4. The van der Waals surface area contributed by atoms with Crippen LogP contribution in [0.25, 0.3) is 0 Å². The summed E-state index contributed by atoms with van der Waals surface area (Å²) in [5, 5.41) is 3.95. The van der Waals surface area contributed by atoms with Crippen molar-refractivity contribution in [2.24, 2.45) is 5.10 Å². The van der Waals surface area contributed by atoms with Gasteiger partial charge in [0.25, 0.3) is 10.0 Å². The third kappa shape index (κ3) is 3.80. The number of hydrogen-bond acceptors (Lipinski definition) is 3. The van der Waals surface area contributed by atoms with Crippen molar-refractivity contribution in [3.05, 3.63) is 63.7 Å². The van der Waals surface area contributed by atoms with E-state index in [1.165, 1.54) is 12.1 Å². The summed E-state index contributed by atoms with van der Waals surface area (Å²) in [6.07, 6.45) is 0. The monoisotopic (exact) mass is 400 g/mol. The summed E-state index contributed by atoms with van der Waals surface area (Å²) < 4.78 is 25.1. The van der Waals surface area contributed by atoms with Crippen molar-refractivity contribution in [3.8, 4) is 0 Å². The second-order valence-electron chi connectivity index (χ2n) is 4.11. The molecule has 104 valence electrons. The normalized spacial score (nSPS) is 12.2. The number of benzene rings is 2. The van der Waals surface area contributed by atoms with Gasteiger partial charge in [-0.1, -0.05) is 30.3 Å². The van der Waals surface area contributed by atoms with Crippen molar-refractivity contribution >= 4 is 38.3 Å². The van der Waals surface area contributed by atoms with Crippen molar-refractivity contribution < 1.29 is 8.42 Å². The predicted molar refractivity (Wildman–Crippen MR) is 88.1 cm³/mol. The van der Waals surface area contributed by atoms with Crippen LogP contribution in [0.4, 0.5) is 0 Å². The number of halogens is 1. The summed E-state index contributed by atoms with van der Waals surface area (Å²) in [5.74, 6) is 0. The van der Waals surface area contributed by atoms with Gasteiger partial charge in [-0.3, -0.25) is 0 Å². The van der Waals surface area contributed by atoms with Crippen molar-refractivity contribution in [3.63, 3.8) is 0 Å². The fourth-order valence-electron chi connectivity index (χ4n) is 1.54. The van der Waals surface area contributed by atoms with E-state index >= 15 is 0 Å². The Bertz CT molecular complexity index is 711. The molecule has 0 amide bonds. The maximum Gasteiger partial charge on any atom is 0.276 e. The Morgan fingerprint density at radius 1 is 1.05 bits per heavy atom. The molecule has 6 heteroatoms. The van der Waals surface area contributed by atoms with Crippen LogP contribution in [0.1, 0.15) is 12.5 Å². The van der Waals surface area contributed by atoms with E-state index in [1.54, 1.807) is 25.1 Å². The van der Waals surface area contributed by atoms with E-state index in [1.807, 2.05) is 24.3 Å².